The molecule has 0 saturated carbocycles. The molecule has 6 nitrogen and oxygen atoms in total. The molecule has 3 N–H and O–H groups in total. The van der Waals surface area contributed by atoms with Gasteiger partial charge in [0.15, 0.2) is 0 Å². The average Bonchev–Trinajstić information content (AvgIpc) is 2.54. The fourth-order valence-corrected chi connectivity index (χ4v) is 4.34. The Hall–Kier alpha value is -1.15. The largest absolute Gasteiger partial charge is 0.352 e. The van der Waals surface area contributed by atoms with Crippen molar-refractivity contribution >= 4 is 28.3 Å². The Balaban J connectivity index is 0.00000208. The lowest BCUT2D eigenvalue weighted by molar-refractivity contribution is 0.0945. The van der Waals surface area contributed by atoms with Crippen LogP contribution in [-0.4, -0.2) is 40.5 Å². The smallest absolute Gasteiger partial charge is 0.251 e. The van der Waals surface area contributed by atoms with Gasteiger partial charge in [-0.25, -0.2) is 13.1 Å². The molecule has 0 aliphatic carbocycles. The Morgan fingerprint density at radius 2 is 1.92 bits per heavy atom. The lowest BCUT2D eigenvalue weighted by Gasteiger charge is -2.34. The molecule has 0 spiro atoms. The van der Waals surface area contributed by atoms with E-state index in [0.717, 1.165) is 37.9 Å². The van der Waals surface area contributed by atoms with E-state index in [0.29, 0.717) is 18.7 Å². The Bertz CT molecular complexity index is 715. The highest BCUT2D eigenvalue weighted by Crippen LogP contribution is 2.27. The number of hydrogen-bond donors (Lipinski definition) is 3. The monoisotopic (exact) mass is 373 g/mol. The number of fused-ring (bicyclic) bond motifs is 1. The molecule has 0 aromatic heterocycles. The molecule has 2 aliphatic rings. The van der Waals surface area contributed by atoms with E-state index in [1.54, 1.807) is 12.1 Å². The number of carbonyl (C=O) groups is 1. The van der Waals surface area contributed by atoms with Crippen molar-refractivity contribution in [2.75, 3.05) is 26.2 Å². The number of hydrogen-bond acceptors (Lipinski definition) is 4. The van der Waals surface area contributed by atoms with Crippen LogP contribution in [0.25, 0.3) is 0 Å². The first-order valence-electron chi connectivity index (χ1n) is 8.01. The van der Waals surface area contributed by atoms with Crippen LogP contribution < -0.4 is 15.4 Å². The number of nitrogens with one attached hydrogen (secondary N) is 3. The van der Waals surface area contributed by atoms with Crippen molar-refractivity contribution < 1.29 is 13.2 Å². The lowest BCUT2D eigenvalue weighted by atomic mass is 9.81. The number of benzene rings is 1. The fraction of sp³-hybridized carbons (Fsp3) is 0.562. The van der Waals surface area contributed by atoms with Gasteiger partial charge in [-0.2, -0.15) is 0 Å². The molecule has 0 unspecified atom stereocenters. The van der Waals surface area contributed by atoms with E-state index in [1.807, 2.05) is 0 Å². The molecular formula is C16H24ClN3O3S. The maximum atomic E-state index is 12.6. The maximum Gasteiger partial charge on any atom is 0.251 e. The van der Waals surface area contributed by atoms with Crippen LogP contribution in [0, 0.1) is 5.41 Å². The van der Waals surface area contributed by atoms with Crippen LogP contribution in [0.2, 0.25) is 0 Å². The molecule has 0 radical (unpaired) electrons. The zero-order valence-corrected chi connectivity index (χ0v) is 15.4. The quantitative estimate of drug-likeness (QED) is 0.736. The molecule has 8 heteroatoms. The molecule has 2 aliphatic heterocycles. The first-order chi connectivity index (χ1) is 10.9. The van der Waals surface area contributed by atoms with E-state index >= 15 is 0 Å². The van der Waals surface area contributed by atoms with Gasteiger partial charge in [0.05, 0.1) is 4.90 Å². The zero-order valence-electron chi connectivity index (χ0n) is 13.7. The van der Waals surface area contributed by atoms with Gasteiger partial charge < -0.3 is 10.6 Å². The lowest BCUT2D eigenvalue weighted by Crippen LogP contribution is -2.42. The number of sulfonamides is 1. The first kappa shape index (κ1) is 19.2. The van der Waals surface area contributed by atoms with Gasteiger partial charge in [-0.3, -0.25) is 4.79 Å². The van der Waals surface area contributed by atoms with Crippen molar-refractivity contribution in [3.05, 3.63) is 29.3 Å². The van der Waals surface area contributed by atoms with Gasteiger partial charge in [-0.15, -0.1) is 12.4 Å². The highest BCUT2D eigenvalue weighted by Gasteiger charge is 2.29. The van der Waals surface area contributed by atoms with Crippen molar-refractivity contribution in [3.63, 3.8) is 0 Å². The van der Waals surface area contributed by atoms with Crippen LogP contribution in [0.15, 0.2) is 23.1 Å². The Kier molecular flexibility index (Phi) is 5.91. The molecule has 1 saturated heterocycles. The van der Waals surface area contributed by atoms with Gasteiger partial charge in [0.1, 0.15) is 0 Å². The molecule has 3 rings (SSSR count). The van der Waals surface area contributed by atoms with Crippen LogP contribution in [-0.2, 0) is 16.4 Å². The van der Waals surface area contributed by atoms with Crippen molar-refractivity contribution in [1.82, 2.24) is 15.4 Å². The molecule has 2 heterocycles. The third-order valence-electron chi connectivity index (χ3n) is 4.82. The predicted molar refractivity (Wildman–Crippen MR) is 95.1 cm³/mol. The van der Waals surface area contributed by atoms with Gasteiger partial charge >= 0.3 is 0 Å². The van der Waals surface area contributed by atoms with Gasteiger partial charge in [-0.05, 0) is 55.5 Å². The summed E-state index contributed by atoms with van der Waals surface area (Å²) in [5, 5.41) is 6.03. The molecule has 0 bridgehead atoms. The van der Waals surface area contributed by atoms with Gasteiger partial charge in [-0.1, -0.05) is 13.0 Å². The molecule has 24 heavy (non-hydrogen) atoms. The summed E-state index contributed by atoms with van der Waals surface area (Å²) < 4.78 is 27.8. The highest BCUT2D eigenvalue weighted by molar-refractivity contribution is 7.89. The third-order valence-corrected chi connectivity index (χ3v) is 6.21. The summed E-state index contributed by atoms with van der Waals surface area (Å²) in [5.74, 6) is -0.200. The van der Waals surface area contributed by atoms with Gasteiger partial charge in [0.25, 0.3) is 5.91 Å². The van der Waals surface area contributed by atoms with E-state index in [2.05, 4.69) is 22.3 Å². The van der Waals surface area contributed by atoms with E-state index in [4.69, 9.17) is 0 Å². The minimum Gasteiger partial charge on any atom is -0.352 e. The predicted octanol–water partition coefficient (Wildman–Crippen LogP) is 1.06. The summed E-state index contributed by atoms with van der Waals surface area (Å²) in [4.78, 5) is 12.0. The Morgan fingerprint density at radius 1 is 1.21 bits per heavy atom. The Labute approximate surface area is 149 Å². The summed E-state index contributed by atoms with van der Waals surface area (Å²) in [6, 6.07) is 4.82. The zero-order chi connectivity index (χ0) is 16.5. The normalized spacial score (nSPS) is 19.8. The van der Waals surface area contributed by atoms with Crippen LogP contribution in [0.3, 0.4) is 0 Å². The molecule has 134 valence electrons. The molecule has 1 fully saturated rings. The number of halogens is 1. The van der Waals surface area contributed by atoms with Crippen molar-refractivity contribution in [2.45, 2.75) is 31.1 Å². The SMILES string of the molecule is CC1(CNS(=O)(=O)c2ccc3c(c2)C(=O)NCC3)CCNCC1.Cl. The molecular weight excluding hydrogens is 350 g/mol. The van der Waals surface area contributed by atoms with Crippen LogP contribution in [0.5, 0.6) is 0 Å². The summed E-state index contributed by atoms with van der Waals surface area (Å²) in [5.41, 5.74) is 1.34. The van der Waals surface area contributed by atoms with Crippen molar-refractivity contribution in [3.8, 4) is 0 Å². The molecule has 1 aromatic rings. The third kappa shape index (κ3) is 4.08. The molecule has 1 amide bonds. The highest BCUT2D eigenvalue weighted by atomic mass is 35.5. The van der Waals surface area contributed by atoms with E-state index < -0.39 is 10.0 Å². The van der Waals surface area contributed by atoms with Crippen LogP contribution >= 0.6 is 12.4 Å². The fourth-order valence-electron chi connectivity index (χ4n) is 3.12. The van der Waals surface area contributed by atoms with Crippen LogP contribution in [0.1, 0.15) is 35.7 Å². The Morgan fingerprint density at radius 3 is 2.62 bits per heavy atom. The van der Waals surface area contributed by atoms with Crippen molar-refractivity contribution in [2.24, 2.45) is 5.41 Å². The second-order valence-electron chi connectivity index (χ2n) is 6.71. The number of piperidine rings is 1. The first-order valence-corrected chi connectivity index (χ1v) is 9.50. The average molecular weight is 374 g/mol. The van der Waals surface area contributed by atoms with E-state index in [9.17, 15) is 13.2 Å². The van der Waals surface area contributed by atoms with Crippen molar-refractivity contribution in [1.29, 1.82) is 0 Å². The number of carbonyl (C=O) groups excluding carboxylic acids is 1. The number of amides is 1. The summed E-state index contributed by atoms with van der Waals surface area (Å²) in [6.45, 7) is 4.95. The molecule has 1 aromatic carbocycles. The van der Waals surface area contributed by atoms with E-state index in [-0.39, 0.29) is 28.6 Å². The summed E-state index contributed by atoms with van der Waals surface area (Å²) >= 11 is 0. The standard InChI is InChI=1S/C16H23N3O3S.ClH/c1-16(5-8-17-9-6-16)11-19-23(21,22)13-3-2-12-4-7-18-15(20)14(12)10-13;/h2-3,10,17,19H,4-9,11H2,1H3,(H,18,20);1H. The van der Waals surface area contributed by atoms with Gasteiger partial charge in [0, 0.05) is 18.7 Å². The minimum absolute atomic E-state index is 0. The maximum absolute atomic E-state index is 12.6. The van der Waals surface area contributed by atoms with E-state index in [1.165, 1.54) is 6.07 Å². The minimum atomic E-state index is -3.61. The summed E-state index contributed by atoms with van der Waals surface area (Å²) in [6.07, 6.45) is 2.63. The topological polar surface area (TPSA) is 87.3 Å². The second kappa shape index (κ2) is 7.39. The second-order valence-corrected chi connectivity index (χ2v) is 8.48. The summed E-state index contributed by atoms with van der Waals surface area (Å²) in [7, 11) is -3.61. The van der Waals surface area contributed by atoms with Crippen LogP contribution in [0.4, 0.5) is 0 Å². The molecule has 0 atom stereocenters. The van der Waals surface area contributed by atoms with Gasteiger partial charge in [0.2, 0.25) is 10.0 Å². The number of rotatable bonds is 4.